The molecule has 0 spiro atoms. The summed E-state index contributed by atoms with van der Waals surface area (Å²) in [5.41, 5.74) is 1.83. The third-order valence-corrected chi connectivity index (χ3v) is 4.73. The Balaban J connectivity index is 1.64. The second-order valence-corrected chi connectivity index (χ2v) is 6.88. The summed E-state index contributed by atoms with van der Waals surface area (Å²) in [6, 6.07) is 10.1. The Morgan fingerprint density at radius 1 is 1.21 bits per heavy atom. The van der Waals surface area contributed by atoms with Crippen LogP contribution in [0.5, 0.6) is 0 Å². The summed E-state index contributed by atoms with van der Waals surface area (Å²) in [5, 5.41) is 12.4. The summed E-state index contributed by atoms with van der Waals surface area (Å²) in [6.45, 7) is 3.65. The Labute approximate surface area is 168 Å². The normalized spacial score (nSPS) is 16.1. The molecule has 154 valence electrons. The lowest BCUT2D eigenvalue weighted by Gasteiger charge is -2.27. The summed E-state index contributed by atoms with van der Waals surface area (Å²) in [6.07, 6.45) is 2.33. The maximum Gasteiger partial charge on any atom is 0.244 e. The van der Waals surface area contributed by atoms with Crippen LogP contribution in [0.15, 0.2) is 48.5 Å². The molecule has 1 atom stereocenters. The first-order valence-electron chi connectivity index (χ1n) is 9.48. The molecule has 1 amide bonds. The van der Waals surface area contributed by atoms with Crippen LogP contribution in [0.4, 0.5) is 8.78 Å². The molecule has 29 heavy (non-hydrogen) atoms. The molecule has 0 aliphatic carbocycles. The van der Waals surface area contributed by atoms with E-state index in [0.29, 0.717) is 13.2 Å². The third kappa shape index (κ3) is 6.19. The van der Waals surface area contributed by atoms with E-state index in [0.717, 1.165) is 55.0 Å². The number of halogens is 2. The van der Waals surface area contributed by atoms with Crippen LogP contribution >= 0.6 is 0 Å². The van der Waals surface area contributed by atoms with Crippen LogP contribution in [0.2, 0.25) is 0 Å². The van der Waals surface area contributed by atoms with Crippen LogP contribution < -0.4 is 5.32 Å². The molecule has 1 fully saturated rings. The topological polar surface area (TPSA) is 61.8 Å². The first-order valence-corrected chi connectivity index (χ1v) is 9.48. The van der Waals surface area contributed by atoms with Gasteiger partial charge in [0.15, 0.2) is 0 Å². The van der Waals surface area contributed by atoms with Crippen molar-refractivity contribution in [3.8, 4) is 0 Å². The fourth-order valence-corrected chi connectivity index (χ4v) is 3.19. The number of benzene rings is 2. The van der Waals surface area contributed by atoms with Gasteiger partial charge in [0.1, 0.15) is 11.6 Å². The van der Waals surface area contributed by atoms with E-state index in [4.69, 9.17) is 4.74 Å². The molecular weight excluding hydrogens is 378 g/mol. The number of rotatable bonds is 7. The van der Waals surface area contributed by atoms with Gasteiger partial charge in [-0.1, -0.05) is 24.3 Å². The minimum atomic E-state index is -0.620. The largest absolute Gasteiger partial charge is 0.394 e. The number of ether oxygens (including phenoxy) is 1. The highest BCUT2D eigenvalue weighted by Crippen LogP contribution is 2.17. The average molecular weight is 402 g/mol. The van der Waals surface area contributed by atoms with Crippen molar-refractivity contribution in [2.75, 3.05) is 32.9 Å². The molecule has 0 aromatic heterocycles. The lowest BCUT2D eigenvalue weighted by molar-refractivity contribution is -0.117. The van der Waals surface area contributed by atoms with Gasteiger partial charge in [0.05, 0.1) is 25.9 Å². The SMILES string of the molecule is O=C(/C=C/c1cc(F)ccc1F)NC(CO)c1cccc(CN2CCOCC2)c1. The number of nitrogens with one attached hydrogen (secondary N) is 1. The molecule has 3 rings (SSSR count). The molecular formula is C22H24F2N2O3. The maximum absolute atomic E-state index is 13.6. The fourth-order valence-electron chi connectivity index (χ4n) is 3.19. The molecule has 5 nitrogen and oxygen atoms in total. The van der Waals surface area contributed by atoms with Crippen LogP contribution in [-0.4, -0.2) is 48.8 Å². The van der Waals surface area contributed by atoms with Gasteiger partial charge in [-0.3, -0.25) is 9.69 Å². The molecule has 1 saturated heterocycles. The Kier molecular flexibility index (Phi) is 7.46. The predicted molar refractivity (Wildman–Crippen MR) is 106 cm³/mol. The van der Waals surface area contributed by atoms with E-state index >= 15 is 0 Å². The fraction of sp³-hybridized carbons (Fsp3) is 0.318. The third-order valence-electron chi connectivity index (χ3n) is 4.73. The molecule has 2 N–H and O–H groups in total. The van der Waals surface area contributed by atoms with Gasteiger partial charge in [-0.2, -0.15) is 0 Å². The minimum Gasteiger partial charge on any atom is -0.394 e. The molecule has 1 heterocycles. The Bertz CT molecular complexity index is 867. The zero-order chi connectivity index (χ0) is 20.6. The van der Waals surface area contributed by atoms with Crippen molar-refractivity contribution in [1.82, 2.24) is 10.2 Å². The summed E-state index contributed by atoms with van der Waals surface area (Å²) in [7, 11) is 0. The van der Waals surface area contributed by atoms with Gasteiger partial charge in [0.25, 0.3) is 0 Å². The van der Waals surface area contributed by atoms with E-state index in [1.807, 2.05) is 24.3 Å². The van der Waals surface area contributed by atoms with Crippen LogP contribution in [0.1, 0.15) is 22.7 Å². The first-order chi connectivity index (χ1) is 14.0. The number of carbonyl (C=O) groups is 1. The summed E-state index contributed by atoms with van der Waals surface area (Å²) in [5.74, 6) is -1.71. The van der Waals surface area contributed by atoms with Gasteiger partial charge >= 0.3 is 0 Å². The van der Waals surface area contributed by atoms with Crippen molar-refractivity contribution >= 4 is 12.0 Å². The van der Waals surface area contributed by atoms with Gasteiger partial charge in [-0.05, 0) is 35.4 Å². The zero-order valence-corrected chi connectivity index (χ0v) is 16.0. The van der Waals surface area contributed by atoms with Crippen molar-refractivity contribution in [2.45, 2.75) is 12.6 Å². The smallest absolute Gasteiger partial charge is 0.244 e. The van der Waals surface area contributed by atoms with Gasteiger partial charge in [0, 0.05) is 31.3 Å². The number of morpholine rings is 1. The molecule has 2 aromatic carbocycles. The van der Waals surface area contributed by atoms with E-state index in [2.05, 4.69) is 10.2 Å². The monoisotopic (exact) mass is 402 g/mol. The molecule has 2 aromatic rings. The summed E-state index contributed by atoms with van der Waals surface area (Å²) >= 11 is 0. The molecule has 0 saturated carbocycles. The van der Waals surface area contributed by atoms with Crippen molar-refractivity contribution in [2.24, 2.45) is 0 Å². The lowest BCUT2D eigenvalue weighted by atomic mass is 10.0. The van der Waals surface area contributed by atoms with Gasteiger partial charge in [-0.15, -0.1) is 0 Å². The average Bonchev–Trinajstić information content (AvgIpc) is 2.73. The van der Waals surface area contributed by atoms with Gasteiger partial charge in [0.2, 0.25) is 5.91 Å². The van der Waals surface area contributed by atoms with Gasteiger partial charge in [-0.25, -0.2) is 8.78 Å². The Morgan fingerprint density at radius 2 is 2.00 bits per heavy atom. The summed E-state index contributed by atoms with van der Waals surface area (Å²) in [4.78, 5) is 14.5. The highest BCUT2D eigenvalue weighted by Gasteiger charge is 2.15. The Hall–Kier alpha value is -2.61. The van der Waals surface area contributed by atoms with Crippen molar-refractivity contribution in [3.05, 3.63) is 76.9 Å². The zero-order valence-electron chi connectivity index (χ0n) is 16.0. The van der Waals surface area contributed by atoms with Crippen molar-refractivity contribution < 1.29 is 23.4 Å². The van der Waals surface area contributed by atoms with Crippen LogP contribution in [0.3, 0.4) is 0 Å². The van der Waals surface area contributed by atoms with E-state index in [-0.39, 0.29) is 12.2 Å². The van der Waals surface area contributed by atoms with Crippen LogP contribution in [-0.2, 0) is 16.1 Å². The highest BCUT2D eigenvalue weighted by molar-refractivity contribution is 5.92. The van der Waals surface area contributed by atoms with E-state index < -0.39 is 23.6 Å². The summed E-state index contributed by atoms with van der Waals surface area (Å²) < 4.78 is 32.2. The van der Waals surface area contributed by atoms with Crippen molar-refractivity contribution in [3.63, 3.8) is 0 Å². The van der Waals surface area contributed by atoms with Crippen molar-refractivity contribution in [1.29, 1.82) is 0 Å². The standard InChI is InChI=1S/C22H24F2N2O3/c23-19-5-6-20(24)17(13-19)4-7-22(28)25-21(15-27)18-3-1-2-16(12-18)14-26-8-10-29-11-9-26/h1-7,12-13,21,27H,8-11,14-15H2,(H,25,28)/b7-4+. The molecule has 1 unspecified atom stereocenters. The van der Waals surface area contributed by atoms with Crippen LogP contribution in [0.25, 0.3) is 6.08 Å². The molecule has 7 heteroatoms. The lowest BCUT2D eigenvalue weighted by Crippen LogP contribution is -2.35. The number of carbonyl (C=O) groups excluding carboxylic acids is 1. The maximum atomic E-state index is 13.6. The first kappa shape index (κ1) is 21.1. The predicted octanol–water partition coefficient (Wildman–Crippen LogP) is 2.66. The van der Waals surface area contributed by atoms with Crippen LogP contribution in [0, 0.1) is 11.6 Å². The second-order valence-electron chi connectivity index (χ2n) is 6.88. The number of aliphatic hydroxyl groups excluding tert-OH is 1. The van der Waals surface area contributed by atoms with Gasteiger partial charge < -0.3 is 15.2 Å². The second kappa shape index (κ2) is 10.2. The van der Waals surface area contributed by atoms with E-state index in [1.54, 1.807) is 0 Å². The Morgan fingerprint density at radius 3 is 2.76 bits per heavy atom. The molecule has 1 aliphatic heterocycles. The number of hydrogen-bond acceptors (Lipinski definition) is 4. The molecule has 0 bridgehead atoms. The number of amides is 1. The number of nitrogens with zero attached hydrogens (tertiary/aromatic N) is 1. The number of aliphatic hydroxyl groups is 1. The highest BCUT2D eigenvalue weighted by atomic mass is 19.1. The molecule has 0 radical (unpaired) electrons. The van der Waals surface area contributed by atoms with E-state index in [1.165, 1.54) is 6.08 Å². The van der Waals surface area contributed by atoms with E-state index in [9.17, 15) is 18.7 Å². The minimum absolute atomic E-state index is 0.0202. The number of hydrogen-bond donors (Lipinski definition) is 2. The molecule has 1 aliphatic rings. The quantitative estimate of drug-likeness (QED) is 0.699.